The van der Waals surface area contributed by atoms with Crippen LogP contribution in [0.25, 0.3) is 0 Å². The fourth-order valence-corrected chi connectivity index (χ4v) is 3.12. The van der Waals surface area contributed by atoms with Crippen molar-refractivity contribution in [1.29, 1.82) is 0 Å². The average Bonchev–Trinajstić information content (AvgIpc) is 2.47. The Balaban J connectivity index is 2.36. The van der Waals surface area contributed by atoms with E-state index in [1.807, 2.05) is 19.9 Å². The molecule has 0 saturated carbocycles. The molecule has 2 atom stereocenters. The highest BCUT2D eigenvalue weighted by Crippen LogP contribution is 2.33. The highest BCUT2D eigenvalue weighted by molar-refractivity contribution is 5.56. The molecule has 0 amide bonds. The molecule has 0 aromatic heterocycles. The first kappa shape index (κ1) is 15.3. The van der Waals surface area contributed by atoms with E-state index in [2.05, 4.69) is 10.2 Å². The Hall–Kier alpha value is -1.13. The van der Waals surface area contributed by atoms with Gasteiger partial charge >= 0.3 is 0 Å². The molecule has 0 aliphatic carbocycles. The summed E-state index contributed by atoms with van der Waals surface area (Å²) in [6.45, 7) is 5.84. The van der Waals surface area contributed by atoms with Gasteiger partial charge in [-0.05, 0) is 44.9 Å². The number of nitrogens with one attached hydrogen (secondary N) is 1. The van der Waals surface area contributed by atoms with E-state index in [1.54, 1.807) is 6.07 Å². The van der Waals surface area contributed by atoms with Crippen LogP contribution in [0.3, 0.4) is 0 Å². The van der Waals surface area contributed by atoms with Crippen molar-refractivity contribution in [2.75, 3.05) is 24.6 Å². The molecule has 1 heterocycles. The fourth-order valence-electron chi connectivity index (χ4n) is 3.12. The molecule has 1 fully saturated rings. The Morgan fingerprint density at radius 3 is 2.95 bits per heavy atom. The number of halogens is 1. The van der Waals surface area contributed by atoms with Gasteiger partial charge in [0.1, 0.15) is 5.82 Å². The van der Waals surface area contributed by atoms with Gasteiger partial charge in [-0.15, -0.1) is 0 Å². The van der Waals surface area contributed by atoms with Crippen molar-refractivity contribution in [1.82, 2.24) is 5.32 Å². The Kier molecular flexibility index (Phi) is 5.38. The van der Waals surface area contributed by atoms with E-state index in [0.29, 0.717) is 0 Å². The average molecular weight is 280 g/mol. The third-order valence-corrected chi connectivity index (χ3v) is 4.12. The largest absolute Gasteiger partial charge is 0.394 e. The molecule has 1 aliphatic heterocycles. The normalized spacial score (nSPS) is 21.0. The molecule has 1 aliphatic rings. The van der Waals surface area contributed by atoms with Crippen molar-refractivity contribution >= 4 is 5.69 Å². The van der Waals surface area contributed by atoms with Crippen LogP contribution in [0.4, 0.5) is 10.1 Å². The van der Waals surface area contributed by atoms with Crippen LogP contribution in [0.5, 0.6) is 0 Å². The van der Waals surface area contributed by atoms with Crippen molar-refractivity contribution in [3.8, 4) is 0 Å². The van der Waals surface area contributed by atoms with Gasteiger partial charge in [0, 0.05) is 23.8 Å². The summed E-state index contributed by atoms with van der Waals surface area (Å²) in [5, 5.41) is 12.9. The third kappa shape index (κ3) is 3.13. The van der Waals surface area contributed by atoms with E-state index in [-0.39, 0.29) is 24.5 Å². The van der Waals surface area contributed by atoms with Gasteiger partial charge in [-0.25, -0.2) is 4.39 Å². The fraction of sp³-hybridized carbons (Fsp3) is 0.625. The highest BCUT2D eigenvalue weighted by Gasteiger charge is 2.26. The Bertz CT molecular complexity index is 438. The lowest BCUT2D eigenvalue weighted by Crippen LogP contribution is -2.43. The second kappa shape index (κ2) is 7.04. The van der Waals surface area contributed by atoms with Crippen molar-refractivity contribution in [2.45, 2.75) is 45.2 Å². The van der Waals surface area contributed by atoms with E-state index in [9.17, 15) is 9.50 Å². The lowest BCUT2D eigenvalue weighted by Gasteiger charge is -2.38. The zero-order valence-corrected chi connectivity index (χ0v) is 12.4. The molecule has 1 aromatic rings. The number of aliphatic hydroxyl groups excluding tert-OH is 1. The second-order valence-corrected chi connectivity index (χ2v) is 5.48. The van der Waals surface area contributed by atoms with Crippen molar-refractivity contribution in [2.24, 2.45) is 0 Å². The van der Waals surface area contributed by atoms with Crippen LogP contribution >= 0.6 is 0 Å². The molecule has 0 bridgehead atoms. The van der Waals surface area contributed by atoms with Crippen LogP contribution in [-0.2, 0) is 0 Å². The van der Waals surface area contributed by atoms with Crippen LogP contribution in [0.2, 0.25) is 0 Å². The molecule has 3 nitrogen and oxygen atoms in total. The maximum absolute atomic E-state index is 14.3. The van der Waals surface area contributed by atoms with E-state index >= 15 is 0 Å². The lowest BCUT2D eigenvalue weighted by atomic mass is 9.98. The number of hydrogen-bond donors (Lipinski definition) is 2. The summed E-state index contributed by atoms with van der Waals surface area (Å²) >= 11 is 0. The van der Waals surface area contributed by atoms with Crippen LogP contribution in [0.1, 0.15) is 44.7 Å². The van der Waals surface area contributed by atoms with Gasteiger partial charge in [0.05, 0.1) is 12.6 Å². The monoisotopic (exact) mass is 280 g/mol. The number of hydrogen-bond acceptors (Lipinski definition) is 3. The summed E-state index contributed by atoms with van der Waals surface area (Å²) in [5.41, 5.74) is 1.65. The molecule has 2 rings (SSSR count). The Morgan fingerprint density at radius 1 is 1.45 bits per heavy atom. The van der Waals surface area contributed by atoms with Crippen LogP contribution in [-0.4, -0.2) is 30.8 Å². The molecule has 1 saturated heterocycles. The zero-order chi connectivity index (χ0) is 14.5. The summed E-state index contributed by atoms with van der Waals surface area (Å²) in [5.74, 6) is -0.168. The number of nitrogens with zero attached hydrogens (tertiary/aromatic N) is 1. The van der Waals surface area contributed by atoms with Gasteiger partial charge in [0.15, 0.2) is 0 Å². The summed E-state index contributed by atoms with van der Waals surface area (Å²) in [4.78, 5) is 2.18. The molecule has 0 radical (unpaired) electrons. The first-order valence-corrected chi connectivity index (χ1v) is 7.58. The predicted octanol–water partition coefficient (Wildman–Crippen LogP) is 2.85. The van der Waals surface area contributed by atoms with Gasteiger partial charge in [-0.3, -0.25) is 0 Å². The standard InChI is InChI=1S/C16H25FN2O/c1-3-18-12(2)16-14(17)8-6-9-15(16)19-10-5-4-7-13(19)11-20/h6,8-9,12-13,18,20H,3-5,7,10-11H2,1-2H3. The molecule has 2 N–H and O–H groups in total. The maximum atomic E-state index is 14.3. The molecule has 20 heavy (non-hydrogen) atoms. The van der Waals surface area contributed by atoms with Gasteiger partial charge in [0.25, 0.3) is 0 Å². The number of aliphatic hydroxyl groups is 1. The van der Waals surface area contributed by atoms with E-state index in [1.165, 1.54) is 6.07 Å². The Labute approximate surface area is 120 Å². The maximum Gasteiger partial charge on any atom is 0.130 e. The summed E-state index contributed by atoms with van der Waals surface area (Å²) in [6.07, 6.45) is 3.21. The van der Waals surface area contributed by atoms with E-state index < -0.39 is 0 Å². The molecule has 1 aromatic carbocycles. The van der Waals surface area contributed by atoms with E-state index in [0.717, 1.165) is 43.6 Å². The summed E-state index contributed by atoms with van der Waals surface area (Å²) in [7, 11) is 0. The number of anilines is 1. The molecular formula is C16H25FN2O. The second-order valence-electron chi connectivity index (χ2n) is 5.48. The number of benzene rings is 1. The van der Waals surface area contributed by atoms with Crippen molar-refractivity contribution in [3.05, 3.63) is 29.6 Å². The van der Waals surface area contributed by atoms with Crippen molar-refractivity contribution < 1.29 is 9.50 Å². The lowest BCUT2D eigenvalue weighted by molar-refractivity contribution is 0.239. The van der Waals surface area contributed by atoms with Crippen LogP contribution in [0, 0.1) is 5.82 Å². The quantitative estimate of drug-likeness (QED) is 0.870. The van der Waals surface area contributed by atoms with Crippen molar-refractivity contribution in [3.63, 3.8) is 0 Å². The van der Waals surface area contributed by atoms with Gasteiger partial charge in [0.2, 0.25) is 0 Å². The third-order valence-electron chi connectivity index (χ3n) is 4.12. The smallest absolute Gasteiger partial charge is 0.130 e. The summed E-state index contributed by atoms with van der Waals surface area (Å²) in [6, 6.07) is 5.33. The van der Waals surface area contributed by atoms with Gasteiger partial charge < -0.3 is 15.3 Å². The van der Waals surface area contributed by atoms with Gasteiger partial charge in [-0.2, -0.15) is 0 Å². The molecular weight excluding hydrogens is 255 g/mol. The minimum Gasteiger partial charge on any atom is -0.394 e. The SMILES string of the molecule is CCNC(C)c1c(F)cccc1N1CCCCC1CO. The molecule has 4 heteroatoms. The number of piperidine rings is 1. The van der Waals surface area contributed by atoms with E-state index in [4.69, 9.17) is 0 Å². The molecule has 112 valence electrons. The Morgan fingerprint density at radius 2 is 2.25 bits per heavy atom. The first-order chi connectivity index (χ1) is 9.69. The molecule has 2 unspecified atom stereocenters. The van der Waals surface area contributed by atoms with Crippen LogP contribution < -0.4 is 10.2 Å². The molecule has 0 spiro atoms. The zero-order valence-electron chi connectivity index (χ0n) is 12.4. The summed E-state index contributed by atoms with van der Waals surface area (Å²) < 4.78 is 14.3. The predicted molar refractivity (Wildman–Crippen MR) is 80.6 cm³/mol. The highest BCUT2D eigenvalue weighted by atomic mass is 19.1. The minimum absolute atomic E-state index is 0.0301. The number of rotatable bonds is 5. The first-order valence-electron chi connectivity index (χ1n) is 7.58. The topological polar surface area (TPSA) is 35.5 Å². The minimum atomic E-state index is -0.168. The van der Waals surface area contributed by atoms with Gasteiger partial charge in [-0.1, -0.05) is 13.0 Å². The van der Waals surface area contributed by atoms with Crippen LogP contribution in [0.15, 0.2) is 18.2 Å².